The van der Waals surface area contributed by atoms with E-state index in [0.29, 0.717) is 37.9 Å². The maximum Gasteiger partial charge on any atom is 0.242 e. The van der Waals surface area contributed by atoms with Crippen LogP contribution in [0.3, 0.4) is 0 Å². The van der Waals surface area contributed by atoms with E-state index in [1.54, 1.807) is 32.2 Å². The predicted molar refractivity (Wildman–Crippen MR) is 111 cm³/mol. The first-order valence-electron chi connectivity index (χ1n) is 8.30. The van der Waals surface area contributed by atoms with Gasteiger partial charge in [0.05, 0.1) is 23.3 Å². The number of nitrogens with zero attached hydrogens (tertiary/aromatic N) is 2. The van der Waals surface area contributed by atoms with Crippen LogP contribution in [-0.4, -0.2) is 61.9 Å². The standard InChI is InChI=1S/C16H26N4O4S.HI/c1-4-17-15(20-7-9-25(22,23)16(2,3)12-20)19-11-14(21)18-10-13-6-5-8-24-13;/h5-6,8H,4,7,9-12H2,1-3H3,(H,17,19)(H,18,21);1H. The molecular weight excluding hydrogens is 471 g/mol. The van der Waals surface area contributed by atoms with Gasteiger partial charge >= 0.3 is 0 Å². The molecule has 0 aliphatic carbocycles. The van der Waals surface area contributed by atoms with Gasteiger partial charge in [0.2, 0.25) is 5.91 Å². The van der Waals surface area contributed by atoms with E-state index in [0.717, 1.165) is 0 Å². The number of halogens is 1. The molecule has 0 aromatic carbocycles. The van der Waals surface area contributed by atoms with Gasteiger partial charge < -0.3 is 20.0 Å². The lowest BCUT2D eigenvalue weighted by atomic mass is 10.2. The number of hydrogen-bond donors (Lipinski definition) is 2. The molecular formula is C16H27IN4O4S. The van der Waals surface area contributed by atoms with Crippen molar-refractivity contribution in [3.63, 3.8) is 0 Å². The third kappa shape index (κ3) is 5.86. The van der Waals surface area contributed by atoms with Gasteiger partial charge in [-0.3, -0.25) is 4.79 Å². The van der Waals surface area contributed by atoms with Crippen LogP contribution in [-0.2, 0) is 21.2 Å². The molecule has 1 saturated heterocycles. The topological polar surface area (TPSA) is 104 Å². The number of aliphatic imine (C=N–C) groups is 1. The molecule has 1 aromatic heterocycles. The van der Waals surface area contributed by atoms with E-state index >= 15 is 0 Å². The highest BCUT2D eigenvalue weighted by Crippen LogP contribution is 2.23. The van der Waals surface area contributed by atoms with Crippen molar-refractivity contribution in [3.05, 3.63) is 24.2 Å². The van der Waals surface area contributed by atoms with E-state index in [4.69, 9.17) is 4.42 Å². The Morgan fingerprint density at radius 3 is 2.69 bits per heavy atom. The van der Waals surface area contributed by atoms with Crippen LogP contribution in [0.4, 0.5) is 0 Å². The number of guanidine groups is 1. The monoisotopic (exact) mass is 498 g/mol. The van der Waals surface area contributed by atoms with Gasteiger partial charge in [0.15, 0.2) is 15.8 Å². The van der Waals surface area contributed by atoms with Crippen LogP contribution >= 0.6 is 24.0 Å². The van der Waals surface area contributed by atoms with E-state index in [-0.39, 0.29) is 42.2 Å². The molecule has 0 saturated carbocycles. The first-order chi connectivity index (χ1) is 11.7. The fraction of sp³-hybridized carbons (Fsp3) is 0.625. The summed E-state index contributed by atoms with van der Waals surface area (Å²) >= 11 is 0. The molecule has 2 rings (SSSR count). The molecule has 1 aliphatic rings. The lowest BCUT2D eigenvalue weighted by Crippen LogP contribution is -2.57. The number of rotatable bonds is 5. The predicted octanol–water partition coefficient (Wildman–Crippen LogP) is 0.988. The normalized spacial score (nSPS) is 18.7. The maximum atomic E-state index is 12.1. The SMILES string of the molecule is CCNC(=NCC(=O)NCc1ccco1)N1CCS(=O)(=O)C(C)(C)C1.I. The first kappa shape index (κ1) is 22.7. The molecule has 1 fully saturated rings. The molecule has 1 amide bonds. The van der Waals surface area contributed by atoms with Crippen molar-refractivity contribution >= 4 is 45.7 Å². The van der Waals surface area contributed by atoms with Crippen molar-refractivity contribution in [2.75, 3.05) is 31.9 Å². The average molecular weight is 498 g/mol. The summed E-state index contributed by atoms with van der Waals surface area (Å²) in [7, 11) is -3.12. The van der Waals surface area contributed by atoms with Crippen molar-refractivity contribution in [3.8, 4) is 0 Å². The second-order valence-corrected chi connectivity index (χ2v) is 9.27. The zero-order chi connectivity index (χ0) is 18.5. The van der Waals surface area contributed by atoms with Gasteiger partial charge in [0.1, 0.15) is 12.3 Å². The Balaban J connectivity index is 0.00000338. The molecule has 1 aromatic rings. The summed E-state index contributed by atoms with van der Waals surface area (Å²) in [6.07, 6.45) is 1.55. The van der Waals surface area contributed by atoms with E-state index in [9.17, 15) is 13.2 Å². The van der Waals surface area contributed by atoms with Crippen LogP contribution in [0.5, 0.6) is 0 Å². The number of amides is 1. The lowest BCUT2D eigenvalue weighted by molar-refractivity contribution is -0.119. The average Bonchev–Trinajstić information content (AvgIpc) is 3.05. The smallest absolute Gasteiger partial charge is 0.242 e. The molecule has 1 aliphatic heterocycles. The van der Waals surface area contributed by atoms with Crippen LogP contribution in [0.2, 0.25) is 0 Å². The summed E-state index contributed by atoms with van der Waals surface area (Å²) < 4.78 is 28.6. The molecule has 0 bridgehead atoms. The van der Waals surface area contributed by atoms with Gasteiger partial charge in [-0.1, -0.05) is 0 Å². The van der Waals surface area contributed by atoms with E-state index < -0.39 is 14.6 Å². The zero-order valence-electron chi connectivity index (χ0n) is 15.3. The molecule has 2 N–H and O–H groups in total. The van der Waals surface area contributed by atoms with Crippen molar-refractivity contribution < 1.29 is 17.6 Å². The number of sulfone groups is 1. The molecule has 26 heavy (non-hydrogen) atoms. The van der Waals surface area contributed by atoms with Crippen molar-refractivity contribution in [1.82, 2.24) is 15.5 Å². The van der Waals surface area contributed by atoms with Crippen molar-refractivity contribution in [1.29, 1.82) is 0 Å². The van der Waals surface area contributed by atoms with Gasteiger partial charge in [0.25, 0.3) is 0 Å². The molecule has 148 valence electrons. The van der Waals surface area contributed by atoms with Crippen molar-refractivity contribution in [2.45, 2.75) is 32.1 Å². The molecule has 8 nitrogen and oxygen atoms in total. The third-order valence-electron chi connectivity index (χ3n) is 4.09. The zero-order valence-corrected chi connectivity index (χ0v) is 18.5. The highest BCUT2D eigenvalue weighted by atomic mass is 127. The van der Waals surface area contributed by atoms with Crippen LogP contribution in [0.1, 0.15) is 26.5 Å². The Hall–Kier alpha value is -1.30. The highest BCUT2D eigenvalue weighted by Gasteiger charge is 2.40. The summed E-state index contributed by atoms with van der Waals surface area (Å²) in [6.45, 7) is 6.98. The van der Waals surface area contributed by atoms with E-state index in [1.807, 2.05) is 11.8 Å². The van der Waals surface area contributed by atoms with Crippen LogP contribution in [0.25, 0.3) is 0 Å². The Bertz CT molecular complexity index is 717. The van der Waals surface area contributed by atoms with Crippen LogP contribution in [0, 0.1) is 0 Å². The van der Waals surface area contributed by atoms with Gasteiger partial charge in [-0.2, -0.15) is 0 Å². The third-order valence-corrected chi connectivity index (χ3v) is 6.62. The second-order valence-electron chi connectivity index (χ2n) is 6.53. The molecule has 10 heteroatoms. The lowest BCUT2D eigenvalue weighted by Gasteiger charge is -2.39. The molecule has 0 radical (unpaired) electrons. The minimum absolute atomic E-state index is 0. The Morgan fingerprint density at radius 2 is 2.12 bits per heavy atom. The fourth-order valence-corrected chi connectivity index (χ4v) is 3.92. The number of hydrogen-bond acceptors (Lipinski definition) is 5. The number of carbonyl (C=O) groups excluding carboxylic acids is 1. The number of furan rings is 1. The molecule has 0 spiro atoms. The van der Waals surface area contributed by atoms with E-state index in [1.165, 1.54) is 0 Å². The summed E-state index contributed by atoms with van der Waals surface area (Å²) in [4.78, 5) is 18.2. The van der Waals surface area contributed by atoms with Gasteiger partial charge in [-0.05, 0) is 32.9 Å². The Kier molecular flexibility index (Phi) is 8.38. The Labute approximate surface area is 171 Å². The minimum Gasteiger partial charge on any atom is -0.467 e. The summed E-state index contributed by atoms with van der Waals surface area (Å²) in [5, 5.41) is 5.86. The number of nitrogens with one attached hydrogen (secondary N) is 2. The largest absolute Gasteiger partial charge is 0.467 e. The van der Waals surface area contributed by atoms with E-state index in [2.05, 4.69) is 15.6 Å². The fourth-order valence-electron chi connectivity index (χ4n) is 2.55. The van der Waals surface area contributed by atoms with Crippen LogP contribution < -0.4 is 10.6 Å². The summed E-state index contributed by atoms with van der Waals surface area (Å²) in [6, 6.07) is 3.54. The molecule has 2 heterocycles. The second kappa shape index (κ2) is 9.58. The number of carbonyl (C=O) groups is 1. The quantitative estimate of drug-likeness (QED) is 0.357. The van der Waals surface area contributed by atoms with Gasteiger partial charge in [-0.15, -0.1) is 24.0 Å². The van der Waals surface area contributed by atoms with Crippen molar-refractivity contribution in [2.24, 2.45) is 4.99 Å². The molecule has 0 atom stereocenters. The first-order valence-corrected chi connectivity index (χ1v) is 9.95. The minimum atomic E-state index is -3.12. The van der Waals surface area contributed by atoms with Gasteiger partial charge in [0, 0.05) is 19.6 Å². The highest BCUT2D eigenvalue weighted by molar-refractivity contribution is 14.0. The van der Waals surface area contributed by atoms with Crippen LogP contribution in [0.15, 0.2) is 27.8 Å². The summed E-state index contributed by atoms with van der Waals surface area (Å²) in [5.74, 6) is 1.08. The molecule has 0 unspecified atom stereocenters. The maximum absolute atomic E-state index is 12.1. The summed E-state index contributed by atoms with van der Waals surface area (Å²) in [5.41, 5.74) is 0. The Morgan fingerprint density at radius 1 is 1.38 bits per heavy atom. The van der Waals surface area contributed by atoms with Gasteiger partial charge in [-0.25, -0.2) is 13.4 Å².